The Morgan fingerprint density at radius 1 is 1.30 bits per heavy atom. The van der Waals surface area contributed by atoms with Crippen LogP contribution in [0, 0.1) is 12.8 Å². The van der Waals surface area contributed by atoms with E-state index in [1.807, 2.05) is 31.3 Å². The number of hydrogen-bond donors (Lipinski definition) is 1. The summed E-state index contributed by atoms with van der Waals surface area (Å²) >= 11 is 1.35. The summed E-state index contributed by atoms with van der Waals surface area (Å²) in [5.41, 5.74) is 1.93. The Labute approximate surface area is 141 Å². The molecule has 0 fully saturated rings. The maximum absolute atomic E-state index is 12.3. The van der Waals surface area contributed by atoms with Gasteiger partial charge in [0.05, 0.1) is 11.8 Å². The minimum absolute atomic E-state index is 0.0183. The fourth-order valence-electron chi connectivity index (χ4n) is 2.19. The van der Waals surface area contributed by atoms with Crippen LogP contribution in [-0.2, 0) is 4.79 Å². The molecular formula is C17H22N4OS. The minimum Gasteiger partial charge on any atom is -0.349 e. The van der Waals surface area contributed by atoms with Gasteiger partial charge in [-0.25, -0.2) is 9.97 Å². The summed E-state index contributed by atoms with van der Waals surface area (Å²) in [6, 6.07) is 5.71. The summed E-state index contributed by atoms with van der Waals surface area (Å²) in [6.07, 6.45) is 6.13. The molecule has 0 aliphatic heterocycles. The highest BCUT2D eigenvalue weighted by molar-refractivity contribution is 7.99. The van der Waals surface area contributed by atoms with Gasteiger partial charge >= 0.3 is 0 Å². The summed E-state index contributed by atoms with van der Waals surface area (Å²) in [7, 11) is 0. The highest BCUT2D eigenvalue weighted by Gasteiger charge is 2.16. The quantitative estimate of drug-likeness (QED) is 0.624. The number of aryl methyl sites for hydroxylation is 1. The van der Waals surface area contributed by atoms with Crippen molar-refractivity contribution < 1.29 is 4.79 Å². The van der Waals surface area contributed by atoms with Gasteiger partial charge in [0.1, 0.15) is 0 Å². The maximum atomic E-state index is 12.3. The van der Waals surface area contributed by atoms with Crippen LogP contribution in [0.3, 0.4) is 0 Å². The summed E-state index contributed by atoms with van der Waals surface area (Å²) in [5, 5.41) is 3.72. The van der Waals surface area contributed by atoms with Gasteiger partial charge in [0, 0.05) is 24.3 Å². The van der Waals surface area contributed by atoms with E-state index < -0.39 is 0 Å². The van der Waals surface area contributed by atoms with Gasteiger partial charge in [0.15, 0.2) is 5.16 Å². The second-order valence-electron chi connectivity index (χ2n) is 5.81. The molecule has 0 aliphatic rings. The van der Waals surface area contributed by atoms with Crippen LogP contribution in [0.15, 0.2) is 41.9 Å². The van der Waals surface area contributed by atoms with Gasteiger partial charge in [-0.3, -0.25) is 9.78 Å². The number of thioether (sulfide) groups is 1. The number of amides is 1. The van der Waals surface area contributed by atoms with Gasteiger partial charge in [0.2, 0.25) is 5.91 Å². The average molecular weight is 330 g/mol. The van der Waals surface area contributed by atoms with Gasteiger partial charge < -0.3 is 5.32 Å². The van der Waals surface area contributed by atoms with E-state index >= 15 is 0 Å². The average Bonchev–Trinajstić information content (AvgIpc) is 2.53. The van der Waals surface area contributed by atoms with Crippen molar-refractivity contribution in [2.75, 3.05) is 5.75 Å². The van der Waals surface area contributed by atoms with Crippen LogP contribution in [0.5, 0.6) is 0 Å². The van der Waals surface area contributed by atoms with E-state index in [2.05, 4.69) is 34.1 Å². The van der Waals surface area contributed by atoms with E-state index in [4.69, 9.17) is 0 Å². The van der Waals surface area contributed by atoms with Crippen molar-refractivity contribution in [3.63, 3.8) is 0 Å². The Morgan fingerprint density at radius 3 is 2.78 bits per heavy atom. The minimum atomic E-state index is -0.0189. The van der Waals surface area contributed by atoms with Crippen molar-refractivity contribution in [1.82, 2.24) is 20.3 Å². The molecule has 0 saturated heterocycles. The highest BCUT2D eigenvalue weighted by atomic mass is 32.2. The molecule has 1 amide bonds. The first kappa shape index (κ1) is 17.4. The zero-order valence-corrected chi connectivity index (χ0v) is 14.5. The van der Waals surface area contributed by atoms with E-state index in [-0.39, 0.29) is 11.9 Å². The van der Waals surface area contributed by atoms with Gasteiger partial charge in [-0.2, -0.15) is 0 Å². The van der Waals surface area contributed by atoms with Gasteiger partial charge in [-0.1, -0.05) is 31.7 Å². The van der Waals surface area contributed by atoms with Crippen LogP contribution in [0.2, 0.25) is 0 Å². The summed E-state index contributed by atoms with van der Waals surface area (Å²) in [4.78, 5) is 24.9. The van der Waals surface area contributed by atoms with Crippen molar-refractivity contribution in [2.45, 2.75) is 38.4 Å². The topological polar surface area (TPSA) is 67.8 Å². The van der Waals surface area contributed by atoms with E-state index in [1.54, 1.807) is 12.4 Å². The van der Waals surface area contributed by atoms with E-state index in [0.29, 0.717) is 16.8 Å². The number of rotatable bonds is 7. The number of nitrogens with one attached hydrogen (secondary N) is 1. The number of carbonyl (C=O) groups excluding carboxylic acids is 1. The third-order valence-electron chi connectivity index (χ3n) is 3.23. The molecule has 2 aromatic rings. The first-order chi connectivity index (χ1) is 11.0. The smallest absolute Gasteiger partial charge is 0.230 e. The standard InChI is InChI=1S/C17H22N4OS/c1-12(2)9-15(14-5-4-7-18-10-14)21-16(22)11-23-17-19-8-6-13(3)20-17/h4-8,10,12,15H,9,11H2,1-3H3,(H,21,22). The molecule has 0 radical (unpaired) electrons. The molecule has 5 nitrogen and oxygen atoms in total. The van der Waals surface area contributed by atoms with Crippen LogP contribution in [0.4, 0.5) is 0 Å². The van der Waals surface area contributed by atoms with Gasteiger partial charge in [0.25, 0.3) is 0 Å². The number of nitrogens with zero attached hydrogens (tertiary/aromatic N) is 3. The molecule has 23 heavy (non-hydrogen) atoms. The molecule has 1 atom stereocenters. The predicted molar refractivity (Wildman–Crippen MR) is 92.1 cm³/mol. The monoisotopic (exact) mass is 330 g/mol. The Kier molecular flexibility index (Phi) is 6.52. The first-order valence-electron chi connectivity index (χ1n) is 7.66. The normalized spacial score (nSPS) is 12.2. The molecule has 0 bridgehead atoms. The fourth-order valence-corrected chi connectivity index (χ4v) is 2.88. The first-order valence-corrected chi connectivity index (χ1v) is 8.65. The molecule has 2 aromatic heterocycles. The molecule has 0 aromatic carbocycles. The van der Waals surface area contributed by atoms with Crippen LogP contribution in [0.25, 0.3) is 0 Å². The number of hydrogen-bond acceptors (Lipinski definition) is 5. The van der Waals surface area contributed by atoms with Crippen LogP contribution in [-0.4, -0.2) is 26.6 Å². The Morgan fingerprint density at radius 2 is 2.13 bits per heavy atom. The Hall–Kier alpha value is -1.95. The van der Waals surface area contributed by atoms with Gasteiger partial charge in [-0.15, -0.1) is 0 Å². The van der Waals surface area contributed by atoms with Crippen molar-refractivity contribution in [2.24, 2.45) is 5.92 Å². The number of carbonyl (C=O) groups is 1. The highest BCUT2D eigenvalue weighted by Crippen LogP contribution is 2.21. The van der Waals surface area contributed by atoms with E-state index in [9.17, 15) is 4.79 Å². The SMILES string of the molecule is Cc1ccnc(SCC(=O)NC(CC(C)C)c2cccnc2)n1. The molecule has 122 valence electrons. The largest absolute Gasteiger partial charge is 0.349 e. The van der Waals surface area contributed by atoms with E-state index in [0.717, 1.165) is 17.7 Å². The molecule has 0 aliphatic carbocycles. The van der Waals surface area contributed by atoms with Crippen LogP contribution < -0.4 is 5.32 Å². The third kappa shape index (κ3) is 5.98. The third-order valence-corrected chi connectivity index (χ3v) is 4.10. The number of pyridine rings is 1. The predicted octanol–water partition coefficient (Wildman–Crippen LogP) is 3.18. The lowest BCUT2D eigenvalue weighted by atomic mass is 9.98. The summed E-state index contributed by atoms with van der Waals surface area (Å²) in [6.45, 7) is 6.20. The van der Waals surface area contributed by atoms with Crippen LogP contribution in [0.1, 0.15) is 37.6 Å². The second-order valence-corrected chi connectivity index (χ2v) is 6.75. The van der Waals surface area contributed by atoms with Gasteiger partial charge in [-0.05, 0) is 37.0 Å². The Bertz CT molecular complexity index is 634. The van der Waals surface area contributed by atoms with E-state index in [1.165, 1.54) is 11.8 Å². The molecule has 6 heteroatoms. The number of aromatic nitrogens is 3. The molecule has 1 N–H and O–H groups in total. The molecule has 0 saturated carbocycles. The fraction of sp³-hybridized carbons (Fsp3) is 0.412. The molecule has 0 spiro atoms. The lowest BCUT2D eigenvalue weighted by Gasteiger charge is -2.20. The Balaban J connectivity index is 1.95. The van der Waals surface area contributed by atoms with Crippen molar-refractivity contribution in [1.29, 1.82) is 0 Å². The molecule has 2 rings (SSSR count). The molecule has 2 heterocycles. The molecule has 1 unspecified atom stereocenters. The lowest BCUT2D eigenvalue weighted by molar-refractivity contribution is -0.119. The zero-order valence-electron chi connectivity index (χ0n) is 13.7. The van der Waals surface area contributed by atoms with Crippen molar-refractivity contribution >= 4 is 17.7 Å². The van der Waals surface area contributed by atoms with Crippen molar-refractivity contribution in [3.05, 3.63) is 48.0 Å². The summed E-state index contributed by atoms with van der Waals surface area (Å²) < 4.78 is 0. The zero-order chi connectivity index (χ0) is 16.7. The maximum Gasteiger partial charge on any atom is 0.230 e. The second kappa shape index (κ2) is 8.62. The van der Waals surface area contributed by atoms with Crippen molar-refractivity contribution in [3.8, 4) is 0 Å². The molecular weight excluding hydrogens is 308 g/mol. The van der Waals surface area contributed by atoms with Crippen LogP contribution >= 0.6 is 11.8 Å². The summed E-state index contributed by atoms with van der Waals surface area (Å²) in [5.74, 6) is 0.765. The lowest BCUT2D eigenvalue weighted by Crippen LogP contribution is -2.31.